The molecular formula is C43H46N4O. The van der Waals surface area contributed by atoms with Crippen LogP contribution in [0.1, 0.15) is 51.7 Å². The molecular weight excluding hydrogens is 589 g/mol. The highest BCUT2D eigenvalue weighted by atomic mass is 16.1. The first-order chi connectivity index (χ1) is 23.4. The van der Waals surface area contributed by atoms with Gasteiger partial charge in [0.2, 0.25) is 0 Å². The molecule has 5 nitrogen and oxygen atoms in total. The molecule has 0 bridgehead atoms. The largest absolute Gasteiger partial charge is 0.289 e. The zero-order valence-electron chi connectivity index (χ0n) is 28.6. The van der Waals surface area contributed by atoms with Gasteiger partial charge in [-0.3, -0.25) is 14.6 Å². The monoisotopic (exact) mass is 634 g/mol. The van der Waals surface area contributed by atoms with E-state index < -0.39 is 11.1 Å². The van der Waals surface area contributed by atoms with Crippen LogP contribution in [0.15, 0.2) is 144 Å². The third kappa shape index (κ3) is 8.64. The van der Waals surface area contributed by atoms with E-state index in [0.29, 0.717) is 24.0 Å². The Labute approximate surface area is 287 Å². The minimum atomic E-state index is -0.696. The van der Waals surface area contributed by atoms with Gasteiger partial charge >= 0.3 is 0 Å². The highest BCUT2D eigenvalue weighted by molar-refractivity contribution is 6.13. The van der Waals surface area contributed by atoms with Crippen molar-refractivity contribution in [3.05, 3.63) is 155 Å². The van der Waals surface area contributed by atoms with Crippen LogP contribution in [0.4, 0.5) is 0 Å². The average Bonchev–Trinajstić information content (AvgIpc) is 3.14. The molecule has 2 atom stereocenters. The summed E-state index contributed by atoms with van der Waals surface area (Å²) in [5, 5.41) is 20.3. The third-order valence-electron chi connectivity index (χ3n) is 9.12. The Balaban J connectivity index is 1.76. The second-order valence-corrected chi connectivity index (χ2v) is 11.9. The van der Waals surface area contributed by atoms with E-state index in [2.05, 4.69) is 61.8 Å². The number of likely N-dealkylation sites (N-methyl/N-ethyl adjacent to an activating group) is 2. The van der Waals surface area contributed by atoms with Crippen LogP contribution < -0.4 is 0 Å². The molecule has 0 fully saturated rings. The van der Waals surface area contributed by atoms with Crippen LogP contribution in [0.25, 0.3) is 12.2 Å². The second-order valence-electron chi connectivity index (χ2n) is 11.9. The average molecular weight is 635 g/mol. The number of nitrogens with zero attached hydrogens (tertiary/aromatic N) is 4. The lowest BCUT2D eigenvalue weighted by atomic mass is 9.86. The van der Waals surface area contributed by atoms with Crippen molar-refractivity contribution in [2.45, 2.75) is 51.6 Å². The normalized spacial score (nSPS) is 21.4. The van der Waals surface area contributed by atoms with Crippen LogP contribution in [0.5, 0.6) is 0 Å². The highest BCUT2D eigenvalue weighted by Gasteiger charge is 2.34. The van der Waals surface area contributed by atoms with Gasteiger partial charge in [-0.05, 0) is 72.8 Å². The van der Waals surface area contributed by atoms with Gasteiger partial charge in [0.15, 0.2) is 5.78 Å². The zero-order valence-corrected chi connectivity index (χ0v) is 28.6. The first kappa shape index (κ1) is 35.8. The molecule has 0 N–H and O–H groups in total. The molecule has 2 aliphatic carbocycles. The topological polar surface area (TPSA) is 71.1 Å². The van der Waals surface area contributed by atoms with Crippen LogP contribution in [0.2, 0.25) is 0 Å². The highest BCUT2D eigenvalue weighted by Crippen LogP contribution is 2.30. The Bertz CT molecular complexity index is 1620. The lowest BCUT2D eigenvalue weighted by Crippen LogP contribution is -2.46. The smallest absolute Gasteiger partial charge is 0.193 e. The lowest BCUT2D eigenvalue weighted by molar-refractivity contribution is -0.111. The summed E-state index contributed by atoms with van der Waals surface area (Å²) < 4.78 is 0. The van der Waals surface area contributed by atoms with Crippen molar-refractivity contribution in [3.63, 3.8) is 0 Å². The van der Waals surface area contributed by atoms with Gasteiger partial charge in [-0.15, -0.1) is 0 Å². The van der Waals surface area contributed by atoms with Gasteiger partial charge in [0.05, 0.1) is 12.1 Å². The summed E-state index contributed by atoms with van der Waals surface area (Å²) in [5.41, 5.74) is 3.41. The Morgan fingerprint density at radius 2 is 1.04 bits per heavy atom. The van der Waals surface area contributed by atoms with Crippen LogP contribution in [0, 0.1) is 22.7 Å². The first-order valence-electron chi connectivity index (χ1n) is 16.9. The molecule has 244 valence electrons. The molecule has 0 saturated heterocycles. The summed E-state index contributed by atoms with van der Waals surface area (Å²) in [4.78, 5) is 18.9. The summed E-state index contributed by atoms with van der Waals surface area (Å²) in [7, 11) is 0. The number of allylic oxidation sites excluding steroid dienone is 10. The number of hydrogen-bond donors (Lipinski definition) is 0. The van der Waals surface area contributed by atoms with Gasteiger partial charge in [0, 0.05) is 24.0 Å². The Morgan fingerprint density at radius 1 is 0.667 bits per heavy atom. The van der Waals surface area contributed by atoms with Gasteiger partial charge in [-0.2, -0.15) is 10.5 Å². The maximum absolute atomic E-state index is 14.5. The summed E-state index contributed by atoms with van der Waals surface area (Å²) in [5.74, 6) is -0.125. The standard InChI is InChI=1S/C43H46N4O/c1-5-46(6-2)42(33-44)27-23-37(24-28-42)31-39(21-19-35-15-11-9-12-16-35)41(48)40(22-20-36-17-13-10-14-18-36)32-38-25-29-43(34-45,30-26-38)47(7-3)8-4/h9-27,29,31-32H,5-8,28,30H2,1-4H3. The van der Waals surface area contributed by atoms with Gasteiger partial charge in [0.25, 0.3) is 0 Å². The number of rotatable bonds is 14. The molecule has 2 unspecified atom stereocenters. The molecule has 5 heteroatoms. The van der Waals surface area contributed by atoms with Crippen LogP contribution in [-0.2, 0) is 4.79 Å². The summed E-state index contributed by atoms with van der Waals surface area (Å²) in [6.45, 7) is 11.4. The molecule has 48 heavy (non-hydrogen) atoms. The van der Waals surface area contributed by atoms with E-state index in [1.54, 1.807) is 0 Å². The van der Waals surface area contributed by atoms with E-state index in [-0.39, 0.29) is 5.78 Å². The summed E-state index contributed by atoms with van der Waals surface area (Å²) >= 11 is 0. The SMILES string of the molecule is CCN(CC)C1(C#N)C=CC(C=C(C=Cc2ccccc2)C(=O)C(C=Cc2ccccc2)=CC2=CCC(C#N)(N(CC)CC)C=C2)=CC1. The molecule has 4 rings (SSSR count). The molecule has 0 heterocycles. The van der Waals surface area contributed by atoms with Crippen LogP contribution >= 0.6 is 0 Å². The van der Waals surface area contributed by atoms with Crippen molar-refractivity contribution >= 4 is 17.9 Å². The molecule has 0 spiro atoms. The van der Waals surface area contributed by atoms with E-state index in [1.807, 2.05) is 121 Å². The number of benzene rings is 2. The number of ketones is 1. The molecule has 0 aromatic heterocycles. The van der Waals surface area contributed by atoms with Crippen molar-refractivity contribution in [1.29, 1.82) is 10.5 Å². The molecule has 2 aromatic rings. The third-order valence-corrected chi connectivity index (χ3v) is 9.12. The predicted octanol–water partition coefficient (Wildman–Crippen LogP) is 8.82. The van der Waals surface area contributed by atoms with Gasteiger partial charge in [0.1, 0.15) is 11.1 Å². The van der Waals surface area contributed by atoms with E-state index in [9.17, 15) is 15.3 Å². The number of hydrogen-bond acceptors (Lipinski definition) is 5. The molecule has 2 aromatic carbocycles. The first-order valence-corrected chi connectivity index (χ1v) is 16.9. The fourth-order valence-corrected chi connectivity index (χ4v) is 6.26. The quantitative estimate of drug-likeness (QED) is 0.153. The fourth-order valence-electron chi connectivity index (χ4n) is 6.26. The lowest BCUT2D eigenvalue weighted by Gasteiger charge is -2.36. The van der Waals surface area contributed by atoms with E-state index in [1.165, 1.54) is 0 Å². The van der Waals surface area contributed by atoms with Crippen LogP contribution in [-0.4, -0.2) is 52.8 Å². The zero-order chi connectivity index (χ0) is 34.4. The van der Waals surface area contributed by atoms with Gasteiger partial charge in [-0.1, -0.05) is 137 Å². The maximum atomic E-state index is 14.5. The summed E-state index contributed by atoms with van der Waals surface area (Å²) in [6.07, 6.45) is 24.5. The van der Waals surface area contributed by atoms with Gasteiger partial charge in [-0.25, -0.2) is 0 Å². The molecule has 0 amide bonds. The minimum Gasteiger partial charge on any atom is -0.289 e. The number of carbonyl (C=O) groups excluding carboxylic acids is 1. The number of carbonyl (C=O) groups is 1. The Morgan fingerprint density at radius 3 is 1.33 bits per heavy atom. The van der Waals surface area contributed by atoms with E-state index >= 15 is 0 Å². The second kappa shape index (κ2) is 17.2. The number of nitriles is 2. The van der Waals surface area contributed by atoms with E-state index in [0.717, 1.165) is 48.5 Å². The van der Waals surface area contributed by atoms with Crippen molar-refractivity contribution in [3.8, 4) is 12.1 Å². The summed E-state index contributed by atoms with van der Waals surface area (Å²) in [6, 6.07) is 24.9. The van der Waals surface area contributed by atoms with Crippen molar-refractivity contribution in [2.75, 3.05) is 26.2 Å². The molecule has 0 aliphatic heterocycles. The van der Waals surface area contributed by atoms with E-state index in [4.69, 9.17) is 0 Å². The Hall–Kier alpha value is -5.07. The predicted molar refractivity (Wildman–Crippen MR) is 198 cm³/mol. The molecule has 0 radical (unpaired) electrons. The minimum absolute atomic E-state index is 0.125. The van der Waals surface area contributed by atoms with Crippen molar-refractivity contribution < 1.29 is 4.79 Å². The molecule has 0 saturated carbocycles. The Kier molecular flexibility index (Phi) is 12.8. The fraction of sp³-hybridized carbons (Fsp3) is 0.279. The van der Waals surface area contributed by atoms with Crippen molar-refractivity contribution in [1.82, 2.24) is 9.80 Å². The van der Waals surface area contributed by atoms with Crippen molar-refractivity contribution in [2.24, 2.45) is 0 Å². The molecule has 2 aliphatic rings. The maximum Gasteiger partial charge on any atom is 0.193 e. The number of Topliss-reactive ketones (excluding diaryl/α,β-unsaturated/α-hetero) is 1. The van der Waals surface area contributed by atoms with Gasteiger partial charge < -0.3 is 0 Å². The van der Waals surface area contributed by atoms with Crippen LogP contribution in [0.3, 0.4) is 0 Å².